The SMILES string of the molecule is CC1CC=CC=C1c1c(Nc2cc(-c3ccccc3)c3cccnc3n2)c2c3ccccc3c3cccc1n32. The molecule has 1 N–H and O–H groups in total. The summed E-state index contributed by atoms with van der Waals surface area (Å²) in [5, 5.41) is 7.38. The third-order valence-corrected chi connectivity index (χ3v) is 8.06. The van der Waals surface area contributed by atoms with Crippen LogP contribution >= 0.6 is 0 Å². The van der Waals surface area contributed by atoms with Crippen molar-refractivity contribution in [2.75, 3.05) is 5.32 Å². The molecule has 2 aromatic carbocycles. The van der Waals surface area contributed by atoms with Crippen molar-refractivity contribution < 1.29 is 0 Å². The van der Waals surface area contributed by atoms with E-state index in [1.54, 1.807) is 0 Å². The zero-order valence-electron chi connectivity index (χ0n) is 21.6. The van der Waals surface area contributed by atoms with Crippen LogP contribution in [-0.2, 0) is 0 Å². The number of anilines is 2. The van der Waals surface area contributed by atoms with Crippen LogP contribution in [0.1, 0.15) is 18.9 Å². The lowest BCUT2D eigenvalue weighted by Gasteiger charge is -2.19. The minimum atomic E-state index is 0.416. The van der Waals surface area contributed by atoms with E-state index >= 15 is 0 Å². The maximum Gasteiger partial charge on any atom is 0.162 e. The van der Waals surface area contributed by atoms with E-state index in [-0.39, 0.29) is 0 Å². The van der Waals surface area contributed by atoms with Crippen LogP contribution in [0.25, 0.3) is 55.1 Å². The first kappa shape index (κ1) is 22.1. The number of pyridine rings is 3. The Morgan fingerprint density at radius 2 is 1.62 bits per heavy atom. The first-order valence-electron chi connectivity index (χ1n) is 13.5. The molecular formula is C35H26N4. The van der Waals surface area contributed by atoms with Crippen molar-refractivity contribution in [3.8, 4) is 11.1 Å². The van der Waals surface area contributed by atoms with Crippen LogP contribution in [-0.4, -0.2) is 14.4 Å². The fourth-order valence-corrected chi connectivity index (χ4v) is 6.28. The summed E-state index contributed by atoms with van der Waals surface area (Å²) >= 11 is 0. The molecule has 8 rings (SSSR count). The fraction of sp³-hybridized carbons (Fsp3) is 0.0857. The second-order valence-corrected chi connectivity index (χ2v) is 10.4. The van der Waals surface area contributed by atoms with Crippen molar-refractivity contribution in [2.24, 2.45) is 5.92 Å². The Morgan fingerprint density at radius 3 is 2.49 bits per heavy atom. The normalized spacial score (nSPS) is 15.5. The second kappa shape index (κ2) is 8.53. The first-order chi connectivity index (χ1) is 19.3. The largest absolute Gasteiger partial charge is 0.338 e. The summed E-state index contributed by atoms with van der Waals surface area (Å²) in [5.74, 6) is 1.21. The van der Waals surface area contributed by atoms with Crippen molar-refractivity contribution in [3.63, 3.8) is 0 Å². The van der Waals surface area contributed by atoms with Gasteiger partial charge in [0.2, 0.25) is 0 Å². The molecule has 1 aliphatic rings. The summed E-state index contributed by atoms with van der Waals surface area (Å²) in [5.41, 5.74) is 10.3. The van der Waals surface area contributed by atoms with Gasteiger partial charge in [-0.2, -0.15) is 0 Å². The summed E-state index contributed by atoms with van der Waals surface area (Å²) in [6, 6.07) is 32.1. The molecule has 0 amide bonds. The third-order valence-electron chi connectivity index (χ3n) is 8.06. The van der Waals surface area contributed by atoms with Crippen LogP contribution in [0.4, 0.5) is 11.5 Å². The molecule has 5 heterocycles. The Kier molecular flexibility index (Phi) is 4.83. The lowest BCUT2D eigenvalue weighted by Crippen LogP contribution is -2.04. The highest BCUT2D eigenvalue weighted by atomic mass is 15.1. The number of benzene rings is 2. The van der Waals surface area contributed by atoms with Crippen molar-refractivity contribution in [1.82, 2.24) is 14.4 Å². The molecule has 5 aromatic heterocycles. The lowest BCUT2D eigenvalue weighted by molar-refractivity contribution is 0.760. The van der Waals surface area contributed by atoms with Crippen molar-refractivity contribution in [3.05, 3.63) is 121 Å². The molecule has 0 radical (unpaired) electrons. The highest BCUT2D eigenvalue weighted by Crippen LogP contribution is 2.46. The van der Waals surface area contributed by atoms with E-state index in [1.807, 2.05) is 18.3 Å². The number of allylic oxidation sites excluding steroid dienone is 4. The van der Waals surface area contributed by atoms with Gasteiger partial charge in [0.05, 0.1) is 22.2 Å². The molecule has 0 saturated carbocycles. The highest BCUT2D eigenvalue weighted by molar-refractivity contribution is 6.18. The van der Waals surface area contributed by atoms with Gasteiger partial charge in [0.15, 0.2) is 5.65 Å². The van der Waals surface area contributed by atoms with Gasteiger partial charge in [-0.25, -0.2) is 9.97 Å². The van der Waals surface area contributed by atoms with Crippen molar-refractivity contribution in [1.29, 1.82) is 0 Å². The summed E-state index contributed by atoms with van der Waals surface area (Å²) in [4.78, 5) is 9.66. The van der Waals surface area contributed by atoms with E-state index in [0.29, 0.717) is 5.92 Å². The average Bonchev–Trinajstić information content (AvgIpc) is 3.49. The van der Waals surface area contributed by atoms with Crippen molar-refractivity contribution in [2.45, 2.75) is 13.3 Å². The number of fused-ring (bicyclic) bond motifs is 4. The molecule has 1 atom stereocenters. The maximum absolute atomic E-state index is 5.02. The predicted octanol–water partition coefficient (Wildman–Crippen LogP) is 9.02. The number of nitrogens with zero attached hydrogens (tertiary/aromatic N) is 3. The smallest absolute Gasteiger partial charge is 0.162 e. The molecule has 0 bridgehead atoms. The van der Waals surface area contributed by atoms with E-state index in [0.717, 1.165) is 40.1 Å². The molecule has 0 aliphatic heterocycles. The fourth-order valence-electron chi connectivity index (χ4n) is 6.28. The molecule has 39 heavy (non-hydrogen) atoms. The van der Waals surface area contributed by atoms with Gasteiger partial charge in [0, 0.05) is 27.9 Å². The molecule has 0 saturated heterocycles. The Bertz CT molecular complexity index is 2080. The average molecular weight is 503 g/mol. The zero-order valence-corrected chi connectivity index (χ0v) is 21.6. The van der Waals surface area contributed by atoms with E-state index in [2.05, 4.69) is 119 Å². The minimum absolute atomic E-state index is 0.416. The second-order valence-electron chi connectivity index (χ2n) is 10.4. The zero-order chi connectivity index (χ0) is 25.9. The van der Waals surface area contributed by atoms with Crippen LogP contribution in [0.2, 0.25) is 0 Å². The van der Waals surface area contributed by atoms with Gasteiger partial charge in [-0.15, -0.1) is 0 Å². The van der Waals surface area contributed by atoms with E-state index in [4.69, 9.17) is 4.98 Å². The molecule has 1 aliphatic carbocycles. The Balaban J connectivity index is 1.44. The van der Waals surface area contributed by atoms with Crippen LogP contribution in [0.15, 0.2) is 115 Å². The van der Waals surface area contributed by atoms with Crippen LogP contribution in [0.3, 0.4) is 0 Å². The van der Waals surface area contributed by atoms with E-state index in [1.165, 1.54) is 38.5 Å². The molecule has 0 fully saturated rings. The highest BCUT2D eigenvalue weighted by Gasteiger charge is 2.26. The molecule has 7 aromatic rings. The first-order valence-corrected chi connectivity index (χ1v) is 13.5. The summed E-state index contributed by atoms with van der Waals surface area (Å²) in [6.45, 7) is 2.32. The van der Waals surface area contributed by atoms with Gasteiger partial charge >= 0.3 is 0 Å². The molecule has 4 nitrogen and oxygen atoms in total. The Hall–Kier alpha value is -4.96. The Morgan fingerprint density at radius 1 is 0.821 bits per heavy atom. The lowest BCUT2D eigenvalue weighted by atomic mass is 9.87. The molecule has 1 unspecified atom stereocenters. The maximum atomic E-state index is 5.02. The van der Waals surface area contributed by atoms with Crippen LogP contribution in [0.5, 0.6) is 0 Å². The monoisotopic (exact) mass is 502 g/mol. The quantitative estimate of drug-likeness (QED) is 0.261. The summed E-state index contributed by atoms with van der Waals surface area (Å²) in [7, 11) is 0. The van der Waals surface area contributed by atoms with Gasteiger partial charge in [0.25, 0.3) is 0 Å². The van der Waals surface area contributed by atoms with Gasteiger partial charge < -0.3 is 9.72 Å². The van der Waals surface area contributed by atoms with Crippen LogP contribution < -0.4 is 5.32 Å². The predicted molar refractivity (Wildman–Crippen MR) is 163 cm³/mol. The third kappa shape index (κ3) is 3.31. The van der Waals surface area contributed by atoms with E-state index < -0.39 is 0 Å². The summed E-state index contributed by atoms with van der Waals surface area (Å²) in [6.07, 6.45) is 9.58. The minimum Gasteiger partial charge on any atom is -0.338 e. The van der Waals surface area contributed by atoms with Gasteiger partial charge in [-0.05, 0) is 59.4 Å². The molecule has 0 spiro atoms. The van der Waals surface area contributed by atoms with Crippen LogP contribution in [0, 0.1) is 5.92 Å². The number of rotatable bonds is 4. The molecule has 186 valence electrons. The molecular weight excluding hydrogens is 476 g/mol. The van der Waals surface area contributed by atoms with Gasteiger partial charge in [0.1, 0.15) is 5.82 Å². The number of nitrogens with one attached hydrogen (secondary N) is 1. The number of aromatic nitrogens is 3. The van der Waals surface area contributed by atoms with E-state index in [9.17, 15) is 0 Å². The van der Waals surface area contributed by atoms with Gasteiger partial charge in [-0.3, -0.25) is 0 Å². The number of hydrogen-bond acceptors (Lipinski definition) is 3. The standard InChI is InChI=1S/C35H26N4/c1-22-11-5-6-14-24(22)32-30-19-9-18-29-25-15-7-8-16-26(25)34(39(29)30)33(32)37-31-21-28(23-12-3-2-4-13-23)27-17-10-20-36-35(27)38-31/h2-10,12-22H,11H2,1H3,(H,36,37,38). The topological polar surface area (TPSA) is 42.2 Å². The number of hydrogen-bond donors (Lipinski definition) is 1. The summed E-state index contributed by atoms with van der Waals surface area (Å²) < 4.78 is 2.42. The Labute approximate surface area is 226 Å². The van der Waals surface area contributed by atoms with Crippen molar-refractivity contribution >= 4 is 55.4 Å². The van der Waals surface area contributed by atoms with Gasteiger partial charge in [-0.1, -0.05) is 85.8 Å². The molecule has 4 heteroatoms.